The summed E-state index contributed by atoms with van der Waals surface area (Å²) in [4.78, 5) is 0. The van der Waals surface area contributed by atoms with Crippen LogP contribution in [0.15, 0.2) is 24.3 Å². The molecule has 2 rings (SSSR count). The summed E-state index contributed by atoms with van der Waals surface area (Å²) in [7, 11) is 0. The Bertz CT molecular complexity index is 348. The highest BCUT2D eigenvalue weighted by molar-refractivity contribution is 7.99. The van der Waals surface area contributed by atoms with E-state index in [1.165, 1.54) is 36.3 Å². The molecule has 1 fully saturated rings. The van der Waals surface area contributed by atoms with Crippen molar-refractivity contribution in [3.05, 3.63) is 34.9 Å². The summed E-state index contributed by atoms with van der Waals surface area (Å²) in [5.41, 5.74) is 1.42. The van der Waals surface area contributed by atoms with Gasteiger partial charge in [-0.1, -0.05) is 30.7 Å². The van der Waals surface area contributed by atoms with Gasteiger partial charge in [0.15, 0.2) is 0 Å². The predicted octanol–water partition coefficient (Wildman–Crippen LogP) is 4.32. The lowest BCUT2D eigenvalue weighted by molar-refractivity contribution is 0.570. The SMILES string of the molecule is CCSCCC(CNC1CC1)c1ccc(Cl)cc1. The number of halogens is 1. The van der Waals surface area contributed by atoms with Crippen molar-refractivity contribution < 1.29 is 0 Å². The third kappa shape index (κ3) is 4.83. The van der Waals surface area contributed by atoms with Crippen molar-refractivity contribution in [3.8, 4) is 0 Å². The van der Waals surface area contributed by atoms with Crippen LogP contribution in [-0.2, 0) is 0 Å². The second-order valence-corrected chi connectivity index (χ2v) is 6.75. The lowest BCUT2D eigenvalue weighted by Gasteiger charge is -2.18. The molecular formula is C15H22ClNS. The van der Waals surface area contributed by atoms with Gasteiger partial charge in [-0.05, 0) is 54.4 Å². The number of nitrogens with one attached hydrogen (secondary N) is 1. The van der Waals surface area contributed by atoms with E-state index in [2.05, 4.69) is 24.4 Å². The summed E-state index contributed by atoms with van der Waals surface area (Å²) in [6, 6.07) is 9.16. The molecule has 18 heavy (non-hydrogen) atoms. The summed E-state index contributed by atoms with van der Waals surface area (Å²) < 4.78 is 0. The van der Waals surface area contributed by atoms with Crippen LogP contribution in [0.5, 0.6) is 0 Å². The van der Waals surface area contributed by atoms with Crippen LogP contribution in [0.4, 0.5) is 0 Å². The molecule has 1 aromatic carbocycles. The summed E-state index contributed by atoms with van der Waals surface area (Å²) in [6.07, 6.45) is 3.97. The molecule has 1 saturated carbocycles. The Morgan fingerprint density at radius 3 is 2.67 bits per heavy atom. The predicted molar refractivity (Wildman–Crippen MR) is 82.8 cm³/mol. The fourth-order valence-corrected chi connectivity index (χ4v) is 2.95. The average Bonchev–Trinajstić information content (AvgIpc) is 3.19. The molecule has 3 heteroatoms. The molecule has 0 bridgehead atoms. The van der Waals surface area contributed by atoms with Crippen molar-refractivity contribution in [2.24, 2.45) is 0 Å². The van der Waals surface area contributed by atoms with Gasteiger partial charge >= 0.3 is 0 Å². The van der Waals surface area contributed by atoms with Crippen LogP contribution in [0, 0.1) is 0 Å². The third-order valence-electron chi connectivity index (χ3n) is 3.39. The van der Waals surface area contributed by atoms with Crippen LogP contribution < -0.4 is 5.32 Å². The van der Waals surface area contributed by atoms with Gasteiger partial charge in [-0.25, -0.2) is 0 Å². The maximum absolute atomic E-state index is 5.96. The first-order valence-corrected chi connectivity index (χ1v) is 8.39. The van der Waals surface area contributed by atoms with Crippen LogP contribution in [0.3, 0.4) is 0 Å². The van der Waals surface area contributed by atoms with Gasteiger partial charge in [-0.15, -0.1) is 0 Å². The molecule has 1 aliphatic carbocycles. The van der Waals surface area contributed by atoms with E-state index in [1.807, 2.05) is 23.9 Å². The van der Waals surface area contributed by atoms with Gasteiger partial charge in [-0.3, -0.25) is 0 Å². The topological polar surface area (TPSA) is 12.0 Å². The molecule has 1 unspecified atom stereocenters. The van der Waals surface area contributed by atoms with Gasteiger partial charge in [0.2, 0.25) is 0 Å². The van der Waals surface area contributed by atoms with Crippen molar-refractivity contribution in [1.82, 2.24) is 5.32 Å². The number of thioether (sulfide) groups is 1. The molecule has 1 aromatic rings. The fraction of sp³-hybridized carbons (Fsp3) is 0.600. The average molecular weight is 284 g/mol. The van der Waals surface area contributed by atoms with Gasteiger partial charge in [0, 0.05) is 17.6 Å². The fourth-order valence-electron chi connectivity index (χ4n) is 2.09. The van der Waals surface area contributed by atoms with E-state index in [4.69, 9.17) is 11.6 Å². The standard InChI is InChI=1S/C15H22ClNS/c1-2-18-10-9-13(11-17-15-7-8-15)12-3-5-14(16)6-4-12/h3-6,13,15,17H,2,7-11H2,1H3. The van der Waals surface area contributed by atoms with E-state index in [9.17, 15) is 0 Å². The van der Waals surface area contributed by atoms with Crippen LogP contribution in [0.1, 0.15) is 37.7 Å². The Morgan fingerprint density at radius 2 is 2.06 bits per heavy atom. The van der Waals surface area contributed by atoms with Crippen LogP contribution in [-0.4, -0.2) is 24.1 Å². The molecule has 0 spiro atoms. The van der Waals surface area contributed by atoms with Gasteiger partial charge in [0.1, 0.15) is 0 Å². The molecule has 1 atom stereocenters. The van der Waals surface area contributed by atoms with E-state index in [-0.39, 0.29) is 0 Å². The minimum Gasteiger partial charge on any atom is -0.313 e. The van der Waals surface area contributed by atoms with Crippen LogP contribution in [0.2, 0.25) is 5.02 Å². The Kier molecular flexibility index (Phi) is 5.87. The molecule has 1 N–H and O–H groups in total. The van der Waals surface area contributed by atoms with Gasteiger partial charge in [-0.2, -0.15) is 11.8 Å². The van der Waals surface area contributed by atoms with Crippen molar-refractivity contribution in [2.75, 3.05) is 18.1 Å². The molecule has 0 radical (unpaired) electrons. The number of benzene rings is 1. The number of rotatable bonds is 8. The zero-order valence-electron chi connectivity index (χ0n) is 11.0. The maximum Gasteiger partial charge on any atom is 0.0406 e. The minimum atomic E-state index is 0.627. The highest BCUT2D eigenvalue weighted by Gasteiger charge is 2.22. The monoisotopic (exact) mass is 283 g/mol. The van der Waals surface area contributed by atoms with Crippen molar-refractivity contribution >= 4 is 23.4 Å². The Morgan fingerprint density at radius 1 is 1.33 bits per heavy atom. The van der Waals surface area contributed by atoms with E-state index in [0.29, 0.717) is 5.92 Å². The van der Waals surface area contributed by atoms with Crippen molar-refractivity contribution in [3.63, 3.8) is 0 Å². The Balaban J connectivity index is 1.90. The lowest BCUT2D eigenvalue weighted by atomic mass is 9.96. The van der Waals surface area contributed by atoms with Crippen molar-refractivity contribution in [1.29, 1.82) is 0 Å². The largest absolute Gasteiger partial charge is 0.313 e. The second-order valence-electron chi connectivity index (χ2n) is 4.92. The zero-order chi connectivity index (χ0) is 12.8. The summed E-state index contributed by atoms with van der Waals surface area (Å²) in [5.74, 6) is 3.08. The molecule has 100 valence electrons. The van der Waals surface area contributed by atoms with E-state index in [0.717, 1.165) is 17.6 Å². The molecule has 0 aromatic heterocycles. The molecule has 0 heterocycles. The molecule has 0 saturated heterocycles. The Hall–Kier alpha value is -0.180. The first kappa shape index (κ1) is 14.2. The first-order valence-electron chi connectivity index (χ1n) is 6.86. The summed E-state index contributed by atoms with van der Waals surface area (Å²) >= 11 is 7.99. The quantitative estimate of drug-likeness (QED) is 0.713. The van der Waals surface area contributed by atoms with Crippen molar-refractivity contribution in [2.45, 2.75) is 38.1 Å². The number of hydrogen-bond donors (Lipinski definition) is 1. The van der Waals surface area contributed by atoms with E-state index >= 15 is 0 Å². The third-order valence-corrected chi connectivity index (χ3v) is 4.57. The molecular weight excluding hydrogens is 262 g/mol. The molecule has 0 aliphatic heterocycles. The lowest BCUT2D eigenvalue weighted by Crippen LogP contribution is -2.24. The number of hydrogen-bond acceptors (Lipinski definition) is 2. The second kappa shape index (κ2) is 7.42. The molecule has 0 amide bonds. The zero-order valence-corrected chi connectivity index (χ0v) is 12.6. The Labute approximate surface area is 120 Å². The molecule has 1 aliphatic rings. The summed E-state index contributed by atoms with van der Waals surface area (Å²) in [6.45, 7) is 3.33. The van der Waals surface area contributed by atoms with E-state index < -0.39 is 0 Å². The maximum atomic E-state index is 5.96. The first-order chi connectivity index (χ1) is 8.79. The van der Waals surface area contributed by atoms with Crippen LogP contribution >= 0.6 is 23.4 Å². The van der Waals surface area contributed by atoms with Gasteiger partial charge in [0.05, 0.1) is 0 Å². The highest BCUT2D eigenvalue weighted by atomic mass is 35.5. The van der Waals surface area contributed by atoms with E-state index in [1.54, 1.807) is 0 Å². The van der Waals surface area contributed by atoms with Gasteiger partial charge < -0.3 is 5.32 Å². The normalized spacial score (nSPS) is 16.8. The highest BCUT2D eigenvalue weighted by Crippen LogP contribution is 2.25. The van der Waals surface area contributed by atoms with Gasteiger partial charge in [0.25, 0.3) is 0 Å². The van der Waals surface area contributed by atoms with Crippen LogP contribution in [0.25, 0.3) is 0 Å². The summed E-state index contributed by atoms with van der Waals surface area (Å²) in [5, 5.41) is 4.48. The minimum absolute atomic E-state index is 0.627. The smallest absolute Gasteiger partial charge is 0.0406 e. The molecule has 1 nitrogen and oxygen atoms in total.